The second-order valence-electron chi connectivity index (χ2n) is 17.4. The van der Waals surface area contributed by atoms with Gasteiger partial charge in [0.1, 0.15) is 5.37 Å². The molecule has 1 aliphatic heterocycles. The lowest BCUT2D eigenvalue weighted by Gasteiger charge is -2.22. The topological polar surface area (TPSA) is 37.8 Å². The van der Waals surface area contributed by atoms with Gasteiger partial charge in [-0.3, -0.25) is 0 Å². The van der Waals surface area contributed by atoms with Gasteiger partial charge in [-0.25, -0.2) is 9.97 Å². The fraction of sp³-hybridized carbons (Fsp3) is 0.127. The minimum atomic E-state index is -0.114. The van der Waals surface area contributed by atoms with E-state index in [4.69, 9.17) is 9.97 Å². The van der Waals surface area contributed by atoms with E-state index < -0.39 is 0 Å². The standard InChI is InChI=1S/C55H41N3S/c1-54(2)43-16-10-8-14-39(43)41-25-20-35(29-45(41)54)47-31-48(36-21-26-42-40-15-9-11-17-44(40)55(3,4)46(42)30-36)57-52(56-47)37-22-24-38-34(28-37)19-18-32-23-27-49-51(50(32)38)58-53(59-49)33-12-6-5-7-13-33/h5-31,53,58H,1-4H3. The van der Waals surface area contributed by atoms with Gasteiger partial charge in [-0.05, 0) is 96.6 Å². The van der Waals surface area contributed by atoms with E-state index in [9.17, 15) is 0 Å². The number of thioether (sulfide) groups is 1. The number of nitrogens with zero attached hydrogens (tertiary/aromatic N) is 2. The minimum absolute atomic E-state index is 0.114. The Morgan fingerprint density at radius 2 is 1.02 bits per heavy atom. The van der Waals surface area contributed by atoms with Crippen LogP contribution in [0, 0.1) is 0 Å². The molecule has 4 heteroatoms. The van der Waals surface area contributed by atoms with Crippen LogP contribution < -0.4 is 5.32 Å². The van der Waals surface area contributed by atoms with E-state index in [-0.39, 0.29) is 16.2 Å². The summed E-state index contributed by atoms with van der Waals surface area (Å²) in [5.41, 5.74) is 18.0. The molecule has 1 aromatic heterocycles. The maximum atomic E-state index is 5.40. The molecule has 3 aliphatic rings. The fourth-order valence-electron chi connectivity index (χ4n) is 10.2. The summed E-state index contributed by atoms with van der Waals surface area (Å²) in [6.07, 6.45) is 0. The van der Waals surface area contributed by atoms with Crippen molar-refractivity contribution < 1.29 is 0 Å². The van der Waals surface area contributed by atoms with Crippen LogP contribution in [0.2, 0.25) is 0 Å². The van der Waals surface area contributed by atoms with Gasteiger partial charge in [0.25, 0.3) is 0 Å². The van der Waals surface area contributed by atoms with E-state index >= 15 is 0 Å². The summed E-state index contributed by atoms with van der Waals surface area (Å²) in [6.45, 7) is 9.36. The van der Waals surface area contributed by atoms with E-state index in [0.29, 0.717) is 0 Å². The third-order valence-electron chi connectivity index (χ3n) is 13.3. The molecule has 1 N–H and O–H groups in total. The fourth-order valence-corrected chi connectivity index (χ4v) is 11.3. The van der Waals surface area contributed by atoms with Crippen molar-refractivity contribution in [2.45, 2.75) is 48.8 Å². The number of benzene rings is 8. The van der Waals surface area contributed by atoms with Gasteiger partial charge >= 0.3 is 0 Å². The van der Waals surface area contributed by atoms with Crippen LogP contribution in [0.3, 0.4) is 0 Å². The molecule has 0 bridgehead atoms. The lowest BCUT2D eigenvalue weighted by Crippen LogP contribution is -2.15. The van der Waals surface area contributed by atoms with Crippen LogP contribution in [0.4, 0.5) is 5.69 Å². The molecule has 3 nitrogen and oxygen atoms in total. The van der Waals surface area contributed by atoms with Crippen molar-refractivity contribution in [1.29, 1.82) is 0 Å². The molecule has 8 aromatic carbocycles. The van der Waals surface area contributed by atoms with Gasteiger partial charge < -0.3 is 5.32 Å². The Labute approximate surface area is 349 Å². The number of rotatable bonds is 4. The van der Waals surface area contributed by atoms with Crippen molar-refractivity contribution >= 4 is 39.0 Å². The molecule has 2 heterocycles. The van der Waals surface area contributed by atoms with Crippen LogP contribution in [-0.2, 0) is 10.8 Å². The third-order valence-corrected chi connectivity index (χ3v) is 14.5. The molecule has 12 rings (SSSR count). The highest BCUT2D eigenvalue weighted by Crippen LogP contribution is 2.53. The zero-order valence-corrected chi connectivity index (χ0v) is 34.3. The molecule has 0 saturated carbocycles. The van der Waals surface area contributed by atoms with Gasteiger partial charge in [0.05, 0.1) is 17.1 Å². The van der Waals surface area contributed by atoms with Crippen molar-refractivity contribution in [2.75, 3.05) is 5.32 Å². The first-order valence-corrected chi connectivity index (χ1v) is 21.5. The van der Waals surface area contributed by atoms with Crippen LogP contribution in [-0.4, -0.2) is 9.97 Å². The first-order valence-electron chi connectivity index (χ1n) is 20.6. The summed E-state index contributed by atoms with van der Waals surface area (Å²) >= 11 is 1.89. The number of nitrogens with one attached hydrogen (secondary N) is 1. The lowest BCUT2D eigenvalue weighted by molar-refractivity contribution is 0.660. The molecular formula is C55H41N3S. The van der Waals surface area contributed by atoms with E-state index in [1.807, 2.05) is 11.8 Å². The number of aromatic nitrogens is 2. The Balaban J connectivity index is 1.01. The van der Waals surface area contributed by atoms with Gasteiger partial charge in [0.15, 0.2) is 5.82 Å². The van der Waals surface area contributed by atoms with Crippen molar-refractivity contribution in [1.82, 2.24) is 9.97 Å². The maximum absolute atomic E-state index is 5.40. The van der Waals surface area contributed by atoms with Crippen molar-refractivity contribution in [3.63, 3.8) is 0 Å². The molecule has 1 unspecified atom stereocenters. The predicted molar refractivity (Wildman–Crippen MR) is 247 cm³/mol. The average Bonchev–Trinajstić information content (AvgIpc) is 3.89. The van der Waals surface area contributed by atoms with Crippen molar-refractivity contribution in [3.05, 3.63) is 192 Å². The first-order chi connectivity index (χ1) is 28.7. The van der Waals surface area contributed by atoms with Crippen LogP contribution in [0.15, 0.2) is 169 Å². The summed E-state index contributed by atoms with van der Waals surface area (Å²) < 4.78 is 0. The Morgan fingerprint density at radius 3 is 1.66 bits per heavy atom. The molecule has 2 aliphatic carbocycles. The Hall–Kier alpha value is -6.49. The molecule has 0 amide bonds. The highest BCUT2D eigenvalue weighted by Gasteiger charge is 2.37. The Bertz CT molecular complexity index is 3110. The second kappa shape index (κ2) is 12.5. The number of hydrogen-bond acceptors (Lipinski definition) is 4. The summed E-state index contributed by atoms with van der Waals surface area (Å²) in [7, 11) is 0. The average molecular weight is 776 g/mol. The largest absolute Gasteiger partial charge is 0.368 e. The van der Waals surface area contributed by atoms with Crippen LogP contribution in [0.1, 0.15) is 60.9 Å². The molecule has 0 radical (unpaired) electrons. The first kappa shape index (κ1) is 34.5. The zero-order chi connectivity index (χ0) is 39.6. The van der Waals surface area contributed by atoms with Crippen molar-refractivity contribution in [3.8, 4) is 56.2 Å². The van der Waals surface area contributed by atoms with E-state index in [1.54, 1.807) is 0 Å². The summed E-state index contributed by atoms with van der Waals surface area (Å²) in [5, 5.41) is 8.95. The van der Waals surface area contributed by atoms with Gasteiger partial charge in [-0.2, -0.15) is 0 Å². The van der Waals surface area contributed by atoms with Gasteiger partial charge in [0, 0.05) is 37.8 Å². The van der Waals surface area contributed by atoms with E-state index in [2.05, 4.69) is 197 Å². The number of hydrogen-bond donors (Lipinski definition) is 1. The second-order valence-corrected chi connectivity index (χ2v) is 18.6. The minimum Gasteiger partial charge on any atom is -0.368 e. The quantitative estimate of drug-likeness (QED) is 0.181. The number of anilines is 1. The Kier molecular flexibility index (Phi) is 7.32. The van der Waals surface area contributed by atoms with Gasteiger partial charge in [-0.1, -0.05) is 173 Å². The third kappa shape index (κ3) is 5.15. The number of fused-ring (bicyclic) bond motifs is 11. The lowest BCUT2D eigenvalue weighted by atomic mass is 9.81. The summed E-state index contributed by atoms with van der Waals surface area (Å²) in [5.74, 6) is 0.724. The summed E-state index contributed by atoms with van der Waals surface area (Å²) in [4.78, 5) is 12.1. The van der Waals surface area contributed by atoms with Gasteiger partial charge in [-0.15, -0.1) is 0 Å². The maximum Gasteiger partial charge on any atom is 0.160 e. The molecule has 0 spiro atoms. The van der Waals surface area contributed by atoms with Crippen molar-refractivity contribution in [2.24, 2.45) is 0 Å². The van der Waals surface area contributed by atoms with Gasteiger partial charge in [0.2, 0.25) is 0 Å². The molecule has 282 valence electrons. The van der Waals surface area contributed by atoms with E-state index in [0.717, 1.165) is 33.9 Å². The SMILES string of the molecule is CC1(C)c2ccccc2-c2ccc(-c3cc(-c4ccc5c(c4)C(C)(C)c4ccccc4-5)nc(-c4ccc5c(ccc6ccc7c(c65)NC(c5ccccc5)S7)c4)n3)cc21. The molecule has 59 heavy (non-hydrogen) atoms. The summed E-state index contributed by atoms with van der Waals surface area (Å²) in [6, 6.07) is 60.2. The highest BCUT2D eigenvalue weighted by molar-refractivity contribution is 8.00. The molecule has 0 fully saturated rings. The normalized spacial score (nSPS) is 16.3. The smallest absolute Gasteiger partial charge is 0.160 e. The zero-order valence-electron chi connectivity index (χ0n) is 33.5. The Morgan fingerprint density at radius 1 is 0.475 bits per heavy atom. The monoisotopic (exact) mass is 775 g/mol. The molecule has 1 atom stereocenters. The van der Waals surface area contributed by atoms with Crippen LogP contribution >= 0.6 is 11.8 Å². The van der Waals surface area contributed by atoms with E-state index in [1.165, 1.54) is 82.2 Å². The van der Waals surface area contributed by atoms with Crippen LogP contribution in [0.25, 0.3) is 77.7 Å². The molecule has 0 saturated heterocycles. The highest BCUT2D eigenvalue weighted by atomic mass is 32.2. The molecular weight excluding hydrogens is 735 g/mol. The van der Waals surface area contributed by atoms with Crippen LogP contribution in [0.5, 0.6) is 0 Å². The predicted octanol–water partition coefficient (Wildman–Crippen LogP) is 14.6. The molecule has 9 aromatic rings.